The number of rotatable bonds is 1. The first-order valence-corrected chi connectivity index (χ1v) is 4.89. The second kappa shape index (κ2) is 3.49. The van der Waals surface area contributed by atoms with E-state index >= 15 is 0 Å². The molecule has 72 valence electrons. The van der Waals surface area contributed by atoms with E-state index in [1.807, 2.05) is 0 Å². The molecule has 1 nitrogen and oxygen atoms in total. The van der Waals surface area contributed by atoms with Crippen LogP contribution in [0.25, 0.3) is 0 Å². The molecule has 0 unspecified atom stereocenters. The van der Waals surface area contributed by atoms with E-state index in [1.165, 1.54) is 28.0 Å². The summed E-state index contributed by atoms with van der Waals surface area (Å²) < 4.78 is 0. The van der Waals surface area contributed by atoms with Crippen molar-refractivity contribution in [2.75, 3.05) is 0 Å². The average molecular weight is 177 g/mol. The van der Waals surface area contributed by atoms with Crippen LogP contribution in [-0.4, -0.2) is 11.8 Å². The molecule has 0 aliphatic heterocycles. The third kappa shape index (κ3) is 1.74. The Bertz CT molecular complexity index is 288. The summed E-state index contributed by atoms with van der Waals surface area (Å²) in [5.41, 5.74) is 6.71. The van der Waals surface area contributed by atoms with Crippen molar-refractivity contribution >= 4 is 5.71 Å². The molecule has 0 fully saturated rings. The quantitative estimate of drug-likeness (QED) is 0.581. The largest absolute Gasteiger partial charge is 0.282 e. The van der Waals surface area contributed by atoms with Crippen LogP contribution in [0.4, 0.5) is 0 Å². The Morgan fingerprint density at radius 2 is 1.15 bits per heavy atom. The average Bonchev–Trinajstić information content (AvgIpc) is 2.22. The minimum Gasteiger partial charge on any atom is -0.282 e. The van der Waals surface area contributed by atoms with Gasteiger partial charge in [0.25, 0.3) is 0 Å². The van der Waals surface area contributed by atoms with E-state index in [-0.39, 0.29) is 0 Å². The van der Waals surface area contributed by atoms with E-state index < -0.39 is 0 Å². The number of hydrogen-bond acceptors (Lipinski definition) is 1. The molecule has 0 aromatic rings. The zero-order chi connectivity index (χ0) is 10.2. The smallest absolute Gasteiger partial charge is 0.0641 e. The van der Waals surface area contributed by atoms with Crippen LogP contribution in [0.5, 0.6) is 0 Å². The zero-order valence-electron chi connectivity index (χ0n) is 9.52. The van der Waals surface area contributed by atoms with Crippen LogP contribution in [0.2, 0.25) is 0 Å². The van der Waals surface area contributed by atoms with E-state index in [0.29, 0.717) is 6.04 Å². The van der Waals surface area contributed by atoms with Crippen LogP contribution in [0, 0.1) is 0 Å². The van der Waals surface area contributed by atoms with Crippen molar-refractivity contribution in [1.29, 1.82) is 0 Å². The van der Waals surface area contributed by atoms with Gasteiger partial charge in [-0.25, -0.2) is 0 Å². The third-order valence-corrected chi connectivity index (χ3v) is 2.79. The Hall–Kier alpha value is -0.850. The van der Waals surface area contributed by atoms with Gasteiger partial charge < -0.3 is 0 Å². The highest BCUT2D eigenvalue weighted by Crippen LogP contribution is 2.29. The van der Waals surface area contributed by atoms with Gasteiger partial charge in [0, 0.05) is 6.04 Å². The van der Waals surface area contributed by atoms with E-state index in [2.05, 4.69) is 46.5 Å². The van der Waals surface area contributed by atoms with E-state index in [4.69, 9.17) is 0 Å². The molecule has 0 aromatic heterocycles. The second-order valence-electron chi connectivity index (χ2n) is 4.07. The molecule has 0 radical (unpaired) electrons. The van der Waals surface area contributed by atoms with Gasteiger partial charge in [-0.3, -0.25) is 4.99 Å². The highest BCUT2D eigenvalue weighted by atomic mass is 14.8. The number of allylic oxidation sites excluding steroid dienone is 4. The topological polar surface area (TPSA) is 12.4 Å². The van der Waals surface area contributed by atoms with Gasteiger partial charge in [0.2, 0.25) is 0 Å². The maximum absolute atomic E-state index is 4.64. The molecule has 0 saturated carbocycles. The lowest BCUT2D eigenvalue weighted by Gasteiger charge is -2.04. The zero-order valence-corrected chi connectivity index (χ0v) is 9.52. The highest BCUT2D eigenvalue weighted by molar-refractivity contribution is 6.16. The van der Waals surface area contributed by atoms with Gasteiger partial charge in [-0.1, -0.05) is 0 Å². The van der Waals surface area contributed by atoms with Gasteiger partial charge in [0.1, 0.15) is 0 Å². The van der Waals surface area contributed by atoms with Crippen molar-refractivity contribution in [3.8, 4) is 0 Å². The van der Waals surface area contributed by atoms with Crippen molar-refractivity contribution in [2.24, 2.45) is 4.99 Å². The first-order valence-electron chi connectivity index (χ1n) is 4.89. The molecule has 0 saturated heterocycles. The van der Waals surface area contributed by atoms with Gasteiger partial charge in [0.05, 0.1) is 5.71 Å². The van der Waals surface area contributed by atoms with Gasteiger partial charge in [0.15, 0.2) is 0 Å². The minimum absolute atomic E-state index is 0.388. The molecular weight excluding hydrogens is 158 g/mol. The van der Waals surface area contributed by atoms with Gasteiger partial charge in [-0.15, -0.1) is 0 Å². The fourth-order valence-electron chi connectivity index (χ4n) is 1.65. The van der Waals surface area contributed by atoms with Crippen molar-refractivity contribution < 1.29 is 0 Å². The predicted molar refractivity (Wildman–Crippen MR) is 59.3 cm³/mol. The molecule has 0 N–H and O–H groups in total. The summed E-state index contributed by atoms with van der Waals surface area (Å²) in [6.07, 6.45) is 0. The summed E-state index contributed by atoms with van der Waals surface area (Å²) in [5.74, 6) is 0. The SMILES string of the molecule is CC1=C(C)C(C)=C(C)C1=NC(C)C. The monoisotopic (exact) mass is 177 g/mol. The molecule has 13 heavy (non-hydrogen) atoms. The number of aliphatic imine (C=N–C) groups is 1. The molecule has 0 spiro atoms. The van der Waals surface area contributed by atoms with Crippen molar-refractivity contribution in [1.82, 2.24) is 0 Å². The van der Waals surface area contributed by atoms with Crippen LogP contribution >= 0.6 is 0 Å². The second-order valence-corrected chi connectivity index (χ2v) is 4.07. The Morgan fingerprint density at radius 3 is 1.46 bits per heavy atom. The Balaban J connectivity index is 3.17. The molecule has 1 aliphatic rings. The highest BCUT2D eigenvalue weighted by Gasteiger charge is 2.19. The lowest BCUT2D eigenvalue weighted by molar-refractivity contribution is 0.836. The molecule has 0 amide bonds. The molecular formula is C12H19N. The minimum atomic E-state index is 0.388. The summed E-state index contributed by atoms with van der Waals surface area (Å²) in [6, 6.07) is 0.388. The molecule has 1 heteroatoms. The molecule has 0 atom stereocenters. The summed E-state index contributed by atoms with van der Waals surface area (Å²) in [5, 5.41) is 0. The Morgan fingerprint density at radius 1 is 0.769 bits per heavy atom. The Labute approximate surface area is 81.3 Å². The molecule has 0 heterocycles. The maximum Gasteiger partial charge on any atom is 0.0641 e. The summed E-state index contributed by atoms with van der Waals surface area (Å²) in [7, 11) is 0. The first kappa shape index (κ1) is 10.2. The van der Waals surface area contributed by atoms with Gasteiger partial charge >= 0.3 is 0 Å². The number of nitrogens with zero attached hydrogens (tertiary/aromatic N) is 1. The normalized spacial score (nSPS) is 17.9. The summed E-state index contributed by atoms with van der Waals surface area (Å²) in [4.78, 5) is 4.64. The van der Waals surface area contributed by atoms with E-state index in [1.54, 1.807) is 0 Å². The van der Waals surface area contributed by atoms with Gasteiger partial charge in [-0.2, -0.15) is 0 Å². The molecule has 0 aromatic carbocycles. The molecule has 1 rings (SSSR count). The van der Waals surface area contributed by atoms with Crippen LogP contribution in [0.3, 0.4) is 0 Å². The van der Waals surface area contributed by atoms with Crippen LogP contribution in [0.1, 0.15) is 41.5 Å². The van der Waals surface area contributed by atoms with Crippen molar-refractivity contribution in [2.45, 2.75) is 47.6 Å². The van der Waals surface area contributed by atoms with Crippen LogP contribution in [0.15, 0.2) is 27.3 Å². The lowest BCUT2D eigenvalue weighted by Crippen LogP contribution is -2.03. The molecule has 0 bridgehead atoms. The third-order valence-electron chi connectivity index (χ3n) is 2.79. The van der Waals surface area contributed by atoms with Crippen molar-refractivity contribution in [3.05, 3.63) is 22.3 Å². The first-order chi connectivity index (χ1) is 5.95. The lowest BCUT2D eigenvalue weighted by atomic mass is 10.1. The van der Waals surface area contributed by atoms with Crippen LogP contribution in [-0.2, 0) is 0 Å². The maximum atomic E-state index is 4.64. The fraction of sp³-hybridized carbons (Fsp3) is 0.583. The fourth-order valence-corrected chi connectivity index (χ4v) is 1.65. The standard InChI is InChI=1S/C12H19N/c1-7(2)13-12-10(5)8(3)9(4)11(12)6/h7H,1-6H3. The van der Waals surface area contributed by atoms with Crippen molar-refractivity contribution in [3.63, 3.8) is 0 Å². The Kier molecular flexibility index (Phi) is 2.74. The predicted octanol–water partition coefficient (Wildman–Crippen LogP) is 3.52. The van der Waals surface area contributed by atoms with Gasteiger partial charge in [-0.05, 0) is 63.8 Å². The molecule has 1 aliphatic carbocycles. The van der Waals surface area contributed by atoms with Crippen LogP contribution < -0.4 is 0 Å². The summed E-state index contributed by atoms with van der Waals surface area (Å²) >= 11 is 0. The van der Waals surface area contributed by atoms with E-state index in [0.717, 1.165) is 0 Å². The summed E-state index contributed by atoms with van der Waals surface area (Å²) in [6.45, 7) is 12.9. The van der Waals surface area contributed by atoms with E-state index in [9.17, 15) is 0 Å². The number of hydrogen-bond donors (Lipinski definition) is 0.